The SMILES string of the molecule is c1ccc2c(c1)ncn2-c1cnsc1. The Bertz CT molecular complexity index is 554. The van der Waals surface area contributed by atoms with Crippen LogP contribution in [0.4, 0.5) is 0 Å². The van der Waals surface area contributed by atoms with Crippen LogP contribution in [0.1, 0.15) is 0 Å². The highest BCUT2D eigenvalue weighted by Gasteiger charge is 2.03. The fraction of sp³-hybridized carbons (Fsp3) is 0. The van der Waals surface area contributed by atoms with Gasteiger partial charge in [0.05, 0.1) is 22.9 Å². The summed E-state index contributed by atoms with van der Waals surface area (Å²) in [6, 6.07) is 8.07. The van der Waals surface area contributed by atoms with Crippen molar-refractivity contribution in [3.63, 3.8) is 0 Å². The first-order valence-corrected chi connectivity index (χ1v) is 5.10. The molecular formula is C10H7N3S. The Kier molecular flexibility index (Phi) is 1.61. The van der Waals surface area contributed by atoms with Gasteiger partial charge in [-0.2, -0.15) is 4.37 Å². The zero-order valence-corrected chi connectivity index (χ0v) is 8.11. The molecule has 0 radical (unpaired) electrons. The van der Waals surface area contributed by atoms with Gasteiger partial charge in [-0.15, -0.1) is 0 Å². The summed E-state index contributed by atoms with van der Waals surface area (Å²) in [5.41, 5.74) is 3.20. The predicted molar refractivity (Wildman–Crippen MR) is 56.7 cm³/mol. The summed E-state index contributed by atoms with van der Waals surface area (Å²) < 4.78 is 6.12. The van der Waals surface area contributed by atoms with Crippen LogP contribution in [0.2, 0.25) is 0 Å². The Morgan fingerprint density at radius 2 is 2.14 bits per heavy atom. The largest absolute Gasteiger partial charge is 0.296 e. The fourth-order valence-corrected chi connectivity index (χ4v) is 2.00. The fourth-order valence-electron chi connectivity index (χ4n) is 1.48. The molecule has 3 rings (SSSR count). The quantitative estimate of drug-likeness (QED) is 0.605. The van der Waals surface area contributed by atoms with Crippen LogP contribution >= 0.6 is 11.5 Å². The summed E-state index contributed by atoms with van der Waals surface area (Å²) in [5.74, 6) is 0. The van der Waals surface area contributed by atoms with E-state index in [1.807, 2.05) is 40.7 Å². The topological polar surface area (TPSA) is 30.7 Å². The van der Waals surface area contributed by atoms with Crippen molar-refractivity contribution >= 4 is 22.6 Å². The number of para-hydroxylation sites is 2. The summed E-state index contributed by atoms with van der Waals surface area (Å²) in [7, 11) is 0. The molecule has 0 saturated carbocycles. The first-order valence-electron chi connectivity index (χ1n) is 4.27. The molecule has 68 valence electrons. The lowest BCUT2D eigenvalue weighted by molar-refractivity contribution is 1.09. The monoisotopic (exact) mass is 201 g/mol. The van der Waals surface area contributed by atoms with Gasteiger partial charge in [-0.05, 0) is 23.7 Å². The lowest BCUT2D eigenvalue weighted by Gasteiger charge is -1.97. The van der Waals surface area contributed by atoms with Crippen molar-refractivity contribution in [3.8, 4) is 5.69 Å². The van der Waals surface area contributed by atoms with Gasteiger partial charge in [0.25, 0.3) is 0 Å². The van der Waals surface area contributed by atoms with E-state index < -0.39 is 0 Å². The maximum atomic E-state index is 4.31. The van der Waals surface area contributed by atoms with Crippen LogP contribution < -0.4 is 0 Å². The molecule has 3 nitrogen and oxygen atoms in total. The van der Waals surface area contributed by atoms with Crippen LogP contribution in [-0.2, 0) is 0 Å². The van der Waals surface area contributed by atoms with E-state index >= 15 is 0 Å². The minimum absolute atomic E-state index is 1.01. The molecule has 0 bridgehead atoms. The maximum absolute atomic E-state index is 4.31. The molecule has 0 saturated heterocycles. The molecule has 14 heavy (non-hydrogen) atoms. The lowest BCUT2D eigenvalue weighted by atomic mass is 10.3. The molecule has 0 atom stereocenters. The van der Waals surface area contributed by atoms with Crippen molar-refractivity contribution in [2.45, 2.75) is 0 Å². The van der Waals surface area contributed by atoms with Crippen LogP contribution in [0.5, 0.6) is 0 Å². The highest BCUT2D eigenvalue weighted by atomic mass is 32.1. The molecular weight excluding hydrogens is 194 g/mol. The smallest absolute Gasteiger partial charge is 0.100 e. The van der Waals surface area contributed by atoms with Crippen molar-refractivity contribution in [2.75, 3.05) is 0 Å². The van der Waals surface area contributed by atoms with Crippen LogP contribution in [0.25, 0.3) is 16.7 Å². The highest BCUT2D eigenvalue weighted by molar-refractivity contribution is 7.03. The van der Waals surface area contributed by atoms with Gasteiger partial charge in [-0.3, -0.25) is 4.57 Å². The molecule has 0 aliphatic carbocycles. The number of aromatic nitrogens is 3. The van der Waals surface area contributed by atoms with Crippen molar-refractivity contribution in [3.05, 3.63) is 42.2 Å². The van der Waals surface area contributed by atoms with E-state index in [2.05, 4.69) is 15.4 Å². The Labute approximate surface area is 84.8 Å². The van der Waals surface area contributed by atoms with Crippen LogP contribution in [0.3, 0.4) is 0 Å². The van der Waals surface area contributed by atoms with E-state index in [0.29, 0.717) is 0 Å². The zero-order chi connectivity index (χ0) is 9.38. The van der Waals surface area contributed by atoms with Crippen molar-refractivity contribution in [2.24, 2.45) is 0 Å². The molecule has 0 amide bonds. The van der Waals surface area contributed by atoms with Gasteiger partial charge < -0.3 is 0 Å². The summed E-state index contributed by atoms with van der Waals surface area (Å²) in [6.45, 7) is 0. The van der Waals surface area contributed by atoms with Gasteiger partial charge in [0.1, 0.15) is 6.33 Å². The maximum Gasteiger partial charge on any atom is 0.100 e. The third-order valence-corrected chi connectivity index (χ3v) is 2.73. The molecule has 0 fully saturated rings. The summed E-state index contributed by atoms with van der Waals surface area (Å²) >= 11 is 1.45. The Hall–Kier alpha value is -1.68. The first kappa shape index (κ1) is 7.70. The second-order valence-electron chi connectivity index (χ2n) is 2.99. The van der Waals surface area contributed by atoms with E-state index in [0.717, 1.165) is 16.7 Å². The number of benzene rings is 1. The van der Waals surface area contributed by atoms with Gasteiger partial charge >= 0.3 is 0 Å². The van der Waals surface area contributed by atoms with E-state index in [-0.39, 0.29) is 0 Å². The Morgan fingerprint density at radius 1 is 1.21 bits per heavy atom. The Morgan fingerprint density at radius 3 is 3.00 bits per heavy atom. The van der Waals surface area contributed by atoms with Crippen molar-refractivity contribution in [1.29, 1.82) is 0 Å². The molecule has 4 heteroatoms. The molecule has 3 aromatic rings. The lowest BCUT2D eigenvalue weighted by Crippen LogP contribution is -1.87. The number of hydrogen-bond acceptors (Lipinski definition) is 3. The molecule has 0 spiro atoms. The first-order chi connectivity index (χ1) is 6.95. The molecule has 0 N–H and O–H groups in total. The van der Waals surface area contributed by atoms with Crippen LogP contribution in [0.15, 0.2) is 42.2 Å². The highest BCUT2D eigenvalue weighted by Crippen LogP contribution is 2.17. The van der Waals surface area contributed by atoms with Gasteiger partial charge in [0.2, 0.25) is 0 Å². The molecule has 2 aromatic heterocycles. The van der Waals surface area contributed by atoms with Gasteiger partial charge in [-0.1, -0.05) is 12.1 Å². The van der Waals surface area contributed by atoms with Crippen molar-refractivity contribution < 1.29 is 0 Å². The second-order valence-corrected chi connectivity index (χ2v) is 3.64. The summed E-state index contributed by atoms with van der Waals surface area (Å²) in [5, 5.41) is 2.01. The summed E-state index contributed by atoms with van der Waals surface area (Å²) in [4.78, 5) is 4.31. The van der Waals surface area contributed by atoms with E-state index in [1.165, 1.54) is 11.5 Å². The molecule has 1 aromatic carbocycles. The van der Waals surface area contributed by atoms with E-state index in [4.69, 9.17) is 0 Å². The second kappa shape index (κ2) is 2.92. The number of rotatable bonds is 1. The van der Waals surface area contributed by atoms with Gasteiger partial charge in [0, 0.05) is 5.38 Å². The third kappa shape index (κ3) is 1.04. The van der Waals surface area contributed by atoms with Crippen LogP contribution in [-0.4, -0.2) is 13.9 Å². The third-order valence-electron chi connectivity index (χ3n) is 2.15. The van der Waals surface area contributed by atoms with Gasteiger partial charge in [0.15, 0.2) is 0 Å². The molecule has 0 aliphatic rings. The minimum atomic E-state index is 1.01. The molecule has 0 aliphatic heterocycles. The number of hydrogen-bond donors (Lipinski definition) is 0. The van der Waals surface area contributed by atoms with Crippen molar-refractivity contribution in [1.82, 2.24) is 13.9 Å². The van der Waals surface area contributed by atoms with E-state index in [1.54, 1.807) is 0 Å². The number of fused-ring (bicyclic) bond motifs is 1. The van der Waals surface area contributed by atoms with Gasteiger partial charge in [-0.25, -0.2) is 4.98 Å². The normalized spacial score (nSPS) is 10.9. The van der Waals surface area contributed by atoms with E-state index in [9.17, 15) is 0 Å². The zero-order valence-electron chi connectivity index (χ0n) is 7.29. The molecule has 2 heterocycles. The molecule has 0 unspecified atom stereocenters. The number of nitrogens with zero attached hydrogens (tertiary/aromatic N) is 3. The van der Waals surface area contributed by atoms with Crippen LogP contribution in [0, 0.1) is 0 Å². The average molecular weight is 201 g/mol. The summed E-state index contributed by atoms with van der Waals surface area (Å²) in [6.07, 6.45) is 3.67. The standard InChI is InChI=1S/C10H7N3S/c1-2-4-10-9(3-1)11-7-13(10)8-5-12-14-6-8/h1-7H. The average Bonchev–Trinajstić information content (AvgIpc) is 2.85. The number of imidazole rings is 1. The minimum Gasteiger partial charge on any atom is -0.296 e. The Balaban J connectivity index is 2.33. The predicted octanol–water partition coefficient (Wildman–Crippen LogP) is 2.48.